The standard InChI is InChI=1S/C12H12BrNOS/c13-12-5-4-11(16-12)8-15-10-3-1-2-9(6-10)7-14/h1-6H,7-8,14H2. The first-order chi connectivity index (χ1) is 7.78. The van der Waals surface area contributed by atoms with Crippen molar-refractivity contribution in [3.63, 3.8) is 0 Å². The van der Waals surface area contributed by atoms with Crippen LogP contribution in [0.4, 0.5) is 0 Å². The summed E-state index contributed by atoms with van der Waals surface area (Å²) in [7, 11) is 0. The van der Waals surface area contributed by atoms with Crippen molar-refractivity contribution < 1.29 is 4.74 Å². The molecule has 0 spiro atoms. The third-order valence-corrected chi connectivity index (χ3v) is 3.74. The van der Waals surface area contributed by atoms with Crippen LogP contribution in [0, 0.1) is 0 Å². The summed E-state index contributed by atoms with van der Waals surface area (Å²) in [4.78, 5) is 1.20. The number of hydrogen-bond donors (Lipinski definition) is 1. The first-order valence-electron chi connectivity index (χ1n) is 4.94. The minimum Gasteiger partial charge on any atom is -0.488 e. The Kier molecular flexibility index (Phi) is 3.98. The van der Waals surface area contributed by atoms with E-state index in [1.165, 1.54) is 4.88 Å². The van der Waals surface area contributed by atoms with Gasteiger partial charge in [0.05, 0.1) is 3.79 Å². The largest absolute Gasteiger partial charge is 0.488 e. The molecular weight excluding hydrogens is 286 g/mol. The van der Waals surface area contributed by atoms with Crippen LogP contribution in [0.5, 0.6) is 5.75 Å². The third kappa shape index (κ3) is 3.07. The molecule has 2 N–H and O–H groups in total. The molecule has 1 heterocycles. The van der Waals surface area contributed by atoms with Crippen LogP contribution < -0.4 is 10.5 Å². The fraction of sp³-hybridized carbons (Fsp3) is 0.167. The molecule has 0 unspecified atom stereocenters. The number of halogens is 1. The Morgan fingerprint density at radius 2 is 2.12 bits per heavy atom. The van der Waals surface area contributed by atoms with Gasteiger partial charge in [0.2, 0.25) is 0 Å². The molecule has 2 aromatic rings. The second-order valence-corrected chi connectivity index (χ2v) is 5.89. The Bertz CT molecular complexity index is 470. The van der Waals surface area contributed by atoms with Crippen LogP contribution in [-0.4, -0.2) is 0 Å². The van der Waals surface area contributed by atoms with E-state index in [1.807, 2.05) is 30.3 Å². The van der Waals surface area contributed by atoms with Gasteiger partial charge in [-0.25, -0.2) is 0 Å². The molecule has 0 bridgehead atoms. The molecule has 0 aliphatic heterocycles. The lowest BCUT2D eigenvalue weighted by atomic mass is 10.2. The molecule has 4 heteroatoms. The lowest BCUT2D eigenvalue weighted by molar-refractivity contribution is 0.309. The SMILES string of the molecule is NCc1cccc(OCc2ccc(Br)s2)c1. The second kappa shape index (κ2) is 5.48. The zero-order valence-electron chi connectivity index (χ0n) is 8.65. The van der Waals surface area contributed by atoms with Crippen LogP contribution >= 0.6 is 27.3 Å². The number of benzene rings is 1. The van der Waals surface area contributed by atoms with E-state index in [0.717, 1.165) is 15.1 Å². The van der Waals surface area contributed by atoms with E-state index >= 15 is 0 Å². The lowest BCUT2D eigenvalue weighted by Crippen LogP contribution is -1.97. The van der Waals surface area contributed by atoms with Crippen molar-refractivity contribution in [1.82, 2.24) is 0 Å². The van der Waals surface area contributed by atoms with E-state index in [2.05, 4.69) is 22.0 Å². The Balaban J connectivity index is 1.99. The predicted octanol–water partition coefficient (Wildman–Crippen LogP) is 3.55. The van der Waals surface area contributed by atoms with E-state index in [-0.39, 0.29) is 0 Å². The molecule has 0 saturated carbocycles. The highest BCUT2D eigenvalue weighted by atomic mass is 79.9. The van der Waals surface area contributed by atoms with Crippen molar-refractivity contribution in [2.24, 2.45) is 5.73 Å². The van der Waals surface area contributed by atoms with E-state index in [9.17, 15) is 0 Å². The first kappa shape index (κ1) is 11.6. The van der Waals surface area contributed by atoms with Gasteiger partial charge in [-0.3, -0.25) is 0 Å². The average molecular weight is 298 g/mol. The lowest BCUT2D eigenvalue weighted by Gasteiger charge is -2.05. The van der Waals surface area contributed by atoms with Crippen molar-refractivity contribution in [2.45, 2.75) is 13.2 Å². The van der Waals surface area contributed by atoms with E-state index < -0.39 is 0 Å². The highest BCUT2D eigenvalue weighted by Gasteiger charge is 2.00. The molecule has 2 rings (SSSR count). The van der Waals surface area contributed by atoms with Gasteiger partial charge in [-0.15, -0.1) is 11.3 Å². The summed E-state index contributed by atoms with van der Waals surface area (Å²) in [5.41, 5.74) is 6.66. The van der Waals surface area contributed by atoms with Gasteiger partial charge in [0, 0.05) is 11.4 Å². The zero-order valence-corrected chi connectivity index (χ0v) is 11.1. The normalized spacial score (nSPS) is 10.4. The smallest absolute Gasteiger partial charge is 0.122 e. The number of thiophene rings is 1. The van der Waals surface area contributed by atoms with Crippen molar-refractivity contribution in [2.75, 3.05) is 0 Å². The number of nitrogens with two attached hydrogens (primary N) is 1. The summed E-state index contributed by atoms with van der Waals surface area (Å²) in [6, 6.07) is 12.0. The minimum atomic E-state index is 0.543. The van der Waals surface area contributed by atoms with Crippen molar-refractivity contribution in [3.05, 3.63) is 50.6 Å². The van der Waals surface area contributed by atoms with Gasteiger partial charge in [-0.2, -0.15) is 0 Å². The molecule has 0 saturated heterocycles. The highest BCUT2D eigenvalue weighted by molar-refractivity contribution is 9.11. The van der Waals surface area contributed by atoms with Crippen LogP contribution in [0.15, 0.2) is 40.2 Å². The molecule has 16 heavy (non-hydrogen) atoms. The van der Waals surface area contributed by atoms with E-state index in [0.29, 0.717) is 13.2 Å². The van der Waals surface area contributed by atoms with Gasteiger partial charge in [0.15, 0.2) is 0 Å². The van der Waals surface area contributed by atoms with Gasteiger partial charge >= 0.3 is 0 Å². The summed E-state index contributed by atoms with van der Waals surface area (Å²) in [5.74, 6) is 0.868. The Hall–Kier alpha value is -0.840. The molecule has 0 atom stereocenters. The van der Waals surface area contributed by atoms with E-state index in [1.54, 1.807) is 11.3 Å². The van der Waals surface area contributed by atoms with Crippen LogP contribution in [0.3, 0.4) is 0 Å². The molecule has 1 aromatic heterocycles. The summed E-state index contributed by atoms with van der Waals surface area (Å²) in [6.07, 6.45) is 0. The van der Waals surface area contributed by atoms with Gasteiger partial charge in [-0.1, -0.05) is 12.1 Å². The molecule has 0 aliphatic rings. The fourth-order valence-electron chi connectivity index (χ4n) is 1.35. The van der Waals surface area contributed by atoms with Gasteiger partial charge in [0.25, 0.3) is 0 Å². The molecule has 0 amide bonds. The maximum Gasteiger partial charge on any atom is 0.122 e. The average Bonchev–Trinajstić information content (AvgIpc) is 2.73. The Labute approximate surface area is 107 Å². The summed E-state index contributed by atoms with van der Waals surface area (Å²) in [5, 5.41) is 0. The minimum absolute atomic E-state index is 0.543. The number of rotatable bonds is 4. The summed E-state index contributed by atoms with van der Waals surface area (Å²) >= 11 is 5.11. The van der Waals surface area contributed by atoms with E-state index in [4.69, 9.17) is 10.5 Å². The number of hydrogen-bond acceptors (Lipinski definition) is 3. The molecule has 84 valence electrons. The summed E-state index contributed by atoms with van der Waals surface area (Å²) in [6.45, 7) is 1.14. The van der Waals surface area contributed by atoms with Crippen LogP contribution in [-0.2, 0) is 13.2 Å². The Morgan fingerprint density at radius 1 is 1.25 bits per heavy atom. The van der Waals surface area contributed by atoms with Gasteiger partial charge in [-0.05, 0) is 45.8 Å². The monoisotopic (exact) mass is 297 g/mol. The fourth-order valence-corrected chi connectivity index (χ4v) is 2.74. The van der Waals surface area contributed by atoms with Crippen molar-refractivity contribution in [1.29, 1.82) is 0 Å². The van der Waals surface area contributed by atoms with Crippen molar-refractivity contribution >= 4 is 27.3 Å². The quantitative estimate of drug-likeness (QED) is 0.937. The molecular formula is C12H12BrNOS. The van der Waals surface area contributed by atoms with Crippen LogP contribution in [0.25, 0.3) is 0 Å². The second-order valence-electron chi connectivity index (χ2n) is 3.35. The number of ether oxygens (including phenoxy) is 1. The van der Waals surface area contributed by atoms with Crippen LogP contribution in [0.1, 0.15) is 10.4 Å². The third-order valence-electron chi connectivity index (χ3n) is 2.14. The topological polar surface area (TPSA) is 35.2 Å². The molecule has 2 nitrogen and oxygen atoms in total. The van der Waals surface area contributed by atoms with Crippen molar-refractivity contribution in [3.8, 4) is 5.75 Å². The highest BCUT2D eigenvalue weighted by Crippen LogP contribution is 2.23. The van der Waals surface area contributed by atoms with Gasteiger partial charge < -0.3 is 10.5 Å². The summed E-state index contributed by atoms with van der Waals surface area (Å²) < 4.78 is 6.81. The van der Waals surface area contributed by atoms with Crippen LogP contribution in [0.2, 0.25) is 0 Å². The molecule has 1 aromatic carbocycles. The molecule has 0 aliphatic carbocycles. The maximum atomic E-state index is 5.68. The maximum absolute atomic E-state index is 5.68. The first-order valence-corrected chi connectivity index (χ1v) is 6.55. The molecule has 0 radical (unpaired) electrons. The Morgan fingerprint density at radius 3 is 2.81 bits per heavy atom. The molecule has 0 fully saturated rings. The zero-order chi connectivity index (χ0) is 11.4. The predicted molar refractivity (Wildman–Crippen MR) is 70.7 cm³/mol. The van der Waals surface area contributed by atoms with Gasteiger partial charge in [0.1, 0.15) is 12.4 Å².